The molecule has 0 aromatic carbocycles. The lowest BCUT2D eigenvalue weighted by atomic mass is 9.78. The molecule has 1 heterocycles. The third-order valence-corrected chi connectivity index (χ3v) is 4.02. The van der Waals surface area contributed by atoms with Gasteiger partial charge in [0.2, 0.25) is 0 Å². The Hall–Kier alpha value is -1.69. The van der Waals surface area contributed by atoms with E-state index in [0.29, 0.717) is 23.3 Å². The molecule has 4 N–H and O–H groups in total. The summed E-state index contributed by atoms with van der Waals surface area (Å²) in [5.41, 5.74) is 2.72. The van der Waals surface area contributed by atoms with E-state index in [1.54, 1.807) is 0 Å². The van der Waals surface area contributed by atoms with Gasteiger partial charge in [-0.25, -0.2) is 15.8 Å². The number of hydrazine groups is 1. The zero-order valence-corrected chi connectivity index (χ0v) is 12.1. The Morgan fingerprint density at radius 2 is 2.05 bits per heavy atom. The fraction of sp³-hybridized carbons (Fsp3) is 0.643. The standard InChI is InChI=1S/C14H23N5O/c1-9(2)10-5-3-4-6-11(10)18-14(20)12-7-17-13(19-15)8-16-12/h7-11H,3-6,15H2,1-2H3,(H,17,19)(H,18,20). The lowest BCUT2D eigenvalue weighted by molar-refractivity contribution is 0.0883. The van der Waals surface area contributed by atoms with Crippen LogP contribution in [0, 0.1) is 11.8 Å². The second-order valence-electron chi connectivity index (χ2n) is 5.70. The first-order valence-electron chi connectivity index (χ1n) is 7.21. The summed E-state index contributed by atoms with van der Waals surface area (Å²) in [6.45, 7) is 4.44. The van der Waals surface area contributed by atoms with Crippen LogP contribution >= 0.6 is 0 Å². The van der Waals surface area contributed by atoms with Crippen molar-refractivity contribution < 1.29 is 4.79 Å². The van der Waals surface area contributed by atoms with Crippen LogP contribution in [0.5, 0.6) is 0 Å². The molecular formula is C14H23N5O. The lowest BCUT2D eigenvalue weighted by Crippen LogP contribution is -2.44. The van der Waals surface area contributed by atoms with Crippen molar-refractivity contribution in [2.75, 3.05) is 5.43 Å². The van der Waals surface area contributed by atoms with Gasteiger partial charge in [0.15, 0.2) is 5.82 Å². The lowest BCUT2D eigenvalue weighted by Gasteiger charge is -2.34. The van der Waals surface area contributed by atoms with E-state index in [4.69, 9.17) is 5.84 Å². The molecule has 20 heavy (non-hydrogen) atoms. The highest BCUT2D eigenvalue weighted by molar-refractivity contribution is 5.92. The Morgan fingerprint density at radius 3 is 2.65 bits per heavy atom. The number of amides is 1. The molecule has 1 amide bonds. The summed E-state index contributed by atoms with van der Waals surface area (Å²) in [6.07, 6.45) is 7.56. The van der Waals surface area contributed by atoms with Gasteiger partial charge in [0, 0.05) is 6.04 Å². The number of nitrogens with two attached hydrogens (primary N) is 1. The molecule has 1 aliphatic rings. The number of nitrogen functional groups attached to an aromatic ring is 1. The van der Waals surface area contributed by atoms with Crippen molar-refractivity contribution in [2.24, 2.45) is 17.7 Å². The van der Waals surface area contributed by atoms with Gasteiger partial charge in [-0.15, -0.1) is 0 Å². The fourth-order valence-electron chi connectivity index (χ4n) is 2.90. The van der Waals surface area contributed by atoms with Gasteiger partial charge in [-0.2, -0.15) is 0 Å². The van der Waals surface area contributed by atoms with Crippen LogP contribution < -0.4 is 16.6 Å². The molecule has 2 rings (SSSR count). The number of nitrogens with zero attached hydrogens (tertiary/aromatic N) is 2. The van der Waals surface area contributed by atoms with Crippen LogP contribution in [-0.2, 0) is 0 Å². The predicted octanol–water partition coefficient (Wildman–Crippen LogP) is 1.71. The minimum absolute atomic E-state index is 0.154. The van der Waals surface area contributed by atoms with E-state index >= 15 is 0 Å². The second-order valence-corrected chi connectivity index (χ2v) is 5.70. The minimum atomic E-state index is -0.154. The quantitative estimate of drug-likeness (QED) is 0.575. The van der Waals surface area contributed by atoms with E-state index in [1.807, 2.05) is 0 Å². The molecule has 6 nitrogen and oxygen atoms in total. The van der Waals surface area contributed by atoms with Crippen LogP contribution in [0.2, 0.25) is 0 Å². The Kier molecular flexibility index (Phi) is 4.89. The van der Waals surface area contributed by atoms with Gasteiger partial charge >= 0.3 is 0 Å². The number of anilines is 1. The smallest absolute Gasteiger partial charge is 0.271 e. The molecule has 1 aliphatic carbocycles. The summed E-state index contributed by atoms with van der Waals surface area (Å²) < 4.78 is 0. The van der Waals surface area contributed by atoms with Gasteiger partial charge in [0.05, 0.1) is 12.4 Å². The van der Waals surface area contributed by atoms with Crippen molar-refractivity contribution >= 4 is 11.7 Å². The number of nitrogens with one attached hydrogen (secondary N) is 2. The van der Waals surface area contributed by atoms with Gasteiger partial charge in [0.25, 0.3) is 5.91 Å². The predicted molar refractivity (Wildman–Crippen MR) is 77.9 cm³/mol. The number of carbonyl (C=O) groups is 1. The molecular weight excluding hydrogens is 254 g/mol. The zero-order valence-electron chi connectivity index (χ0n) is 12.1. The van der Waals surface area contributed by atoms with Gasteiger partial charge in [-0.05, 0) is 24.7 Å². The maximum Gasteiger partial charge on any atom is 0.271 e. The largest absolute Gasteiger partial charge is 0.348 e. The minimum Gasteiger partial charge on any atom is -0.348 e. The Balaban J connectivity index is 2.01. The van der Waals surface area contributed by atoms with E-state index in [1.165, 1.54) is 31.7 Å². The summed E-state index contributed by atoms with van der Waals surface area (Å²) in [5, 5.41) is 3.11. The molecule has 0 radical (unpaired) electrons. The van der Waals surface area contributed by atoms with Crippen molar-refractivity contribution in [2.45, 2.75) is 45.6 Å². The van der Waals surface area contributed by atoms with Gasteiger partial charge in [0.1, 0.15) is 5.69 Å². The molecule has 0 bridgehead atoms. The van der Waals surface area contributed by atoms with Crippen molar-refractivity contribution in [1.29, 1.82) is 0 Å². The number of aromatic nitrogens is 2. The van der Waals surface area contributed by atoms with Crippen LogP contribution in [-0.4, -0.2) is 21.9 Å². The molecule has 0 spiro atoms. The maximum absolute atomic E-state index is 12.2. The van der Waals surface area contributed by atoms with E-state index < -0.39 is 0 Å². The average molecular weight is 277 g/mol. The van der Waals surface area contributed by atoms with Gasteiger partial charge < -0.3 is 10.7 Å². The molecule has 110 valence electrons. The summed E-state index contributed by atoms with van der Waals surface area (Å²) in [6, 6.07) is 0.241. The van der Waals surface area contributed by atoms with Crippen LogP contribution in [0.15, 0.2) is 12.4 Å². The molecule has 6 heteroatoms. The van der Waals surface area contributed by atoms with Crippen molar-refractivity contribution in [3.8, 4) is 0 Å². The highest BCUT2D eigenvalue weighted by Gasteiger charge is 2.29. The number of carbonyl (C=O) groups excluding carboxylic acids is 1. The molecule has 2 atom stereocenters. The normalized spacial score (nSPS) is 22.6. The Labute approximate surface area is 119 Å². The van der Waals surface area contributed by atoms with Crippen LogP contribution in [0.25, 0.3) is 0 Å². The highest BCUT2D eigenvalue weighted by Crippen LogP contribution is 2.30. The average Bonchev–Trinajstić information content (AvgIpc) is 2.47. The van der Waals surface area contributed by atoms with E-state index in [-0.39, 0.29) is 11.9 Å². The molecule has 1 fully saturated rings. The summed E-state index contributed by atoms with van der Waals surface area (Å²) in [7, 11) is 0. The monoisotopic (exact) mass is 277 g/mol. The molecule has 2 unspecified atom stereocenters. The third kappa shape index (κ3) is 3.45. The topological polar surface area (TPSA) is 92.9 Å². The van der Waals surface area contributed by atoms with Crippen LogP contribution in [0.3, 0.4) is 0 Å². The van der Waals surface area contributed by atoms with Crippen molar-refractivity contribution in [1.82, 2.24) is 15.3 Å². The highest BCUT2D eigenvalue weighted by atomic mass is 16.1. The van der Waals surface area contributed by atoms with Crippen LogP contribution in [0.4, 0.5) is 5.82 Å². The number of hydrogen-bond donors (Lipinski definition) is 3. The Bertz CT molecular complexity index is 445. The Morgan fingerprint density at radius 1 is 1.30 bits per heavy atom. The van der Waals surface area contributed by atoms with E-state index in [0.717, 1.165) is 6.42 Å². The first-order chi connectivity index (χ1) is 9.61. The second kappa shape index (κ2) is 6.65. The molecule has 0 aliphatic heterocycles. The van der Waals surface area contributed by atoms with Crippen molar-refractivity contribution in [3.63, 3.8) is 0 Å². The number of rotatable bonds is 4. The van der Waals surface area contributed by atoms with Gasteiger partial charge in [-0.3, -0.25) is 4.79 Å². The molecule has 1 saturated carbocycles. The molecule has 1 aromatic rings. The third-order valence-electron chi connectivity index (χ3n) is 4.02. The summed E-state index contributed by atoms with van der Waals surface area (Å²) in [5.74, 6) is 6.64. The maximum atomic E-state index is 12.2. The molecule has 0 saturated heterocycles. The number of hydrogen-bond acceptors (Lipinski definition) is 5. The van der Waals surface area contributed by atoms with E-state index in [9.17, 15) is 4.79 Å². The van der Waals surface area contributed by atoms with Gasteiger partial charge in [-0.1, -0.05) is 26.7 Å². The SMILES string of the molecule is CC(C)C1CCCCC1NC(=O)c1cnc(NN)cn1. The first kappa shape index (κ1) is 14.7. The van der Waals surface area contributed by atoms with E-state index in [2.05, 4.69) is 34.6 Å². The first-order valence-corrected chi connectivity index (χ1v) is 7.21. The summed E-state index contributed by atoms with van der Waals surface area (Å²) >= 11 is 0. The fourth-order valence-corrected chi connectivity index (χ4v) is 2.90. The summed E-state index contributed by atoms with van der Waals surface area (Å²) in [4.78, 5) is 20.3. The van der Waals surface area contributed by atoms with Crippen LogP contribution in [0.1, 0.15) is 50.0 Å². The zero-order chi connectivity index (χ0) is 14.5. The molecule has 1 aromatic heterocycles. The van der Waals surface area contributed by atoms with Crippen molar-refractivity contribution in [3.05, 3.63) is 18.1 Å².